The quantitative estimate of drug-likeness (QED) is 0.705. The van der Waals surface area contributed by atoms with Crippen molar-refractivity contribution in [2.24, 2.45) is 5.92 Å². The van der Waals surface area contributed by atoms with E-state index in [0.717, 1.165) is 11.1 Å². The predicted octanol–water partition coefficient (Wildman–Crippen LogP) is 3.80. The standard InChI is InChI=1S/C22H27NO4/c1-16(2)22(3,14-20(25)26)23-19(24)15-27-21(17-10-6-4-7-11-17)18-12-8-5-9-13-18/h4-13,16,21H,14-15H2,1-3H3,(H,23,24)(H,25,26). The summed E-state index contributed by atoms with van der Waals surface area (Å²) >= 11 is 0. The SMILES string of the molecule is CC(C)C(C)(CC(=O)O)NC(=O)COC(c1ccccc1)c1ccccc1. The van der Waals surface area contributed by atoms with Gasteiger partial charge in [-0.2, -0.15) is 0 Å². The van der Waals surface area contributed by atoms with Crippen LogP contribution in [0, 0.1) is 5.92 Å². The summed E-state index contributed by atoms with van der Waals surface area (Å²) in [5.74, 6) is -1.31. The molecule has 144 valence electrons. The lowest BCUT2D eigenvalue weighted by Crippen LogP contribution is -2.52. The van der Waals surface area contributed by atoms with Crippen LogP contribution in [0.3, 0.4) is 0 Å². The van der Waals surface area contributed by atoms with Gasteiger partial charge in [-0.05, 0) is 24.0 Å². The molecule has 0 aliphatic heterocycles. The molecule has 2 rings (SSSR count). The molecule has 27 heavy (non-hydrogen) atoms. The van der Waals surface area contributed by atoms with Gasteiger partial charge in [-0.15, -0.1) is 0 Å². The summed E-state index contributed by atoms with van der Waals surface area (Å²) < 4.78 is 5.95. The van der Waals surface area contributed by atoms with E-state index in [1.54, 1.807) is 6.92 Å². The maximum atomic E-state index is 12.5. The molecule has 0 bridgehead atoms. The maximum absolute atomic E-state index is 12.5. The van der Waals surface area contributed by atoms with Crippen LogP contribution in [0.4, 0.5) is 0 Å². The summed E-state index contributed by atoms with van der Waals surface area (Å²) in [5.41, 5.74) is 1.07. The predicted molar refractivity (Wildman–Crippen MR) is 104 cm³/mol. The minimum Gasteiger partial charge on any atom is -0.481 e. The van der Waals surface area contributed by atoms with Crippen molar-refractivity contribution < 1.29 is 19.4 Å². The minimum atomic E-state index is -0.945. The Labute approximate surface area is 160 Å². The van der Waals surface area contributed by atoms with Gasteiger partial charge in [-0.25, -0.2) is 0 Å². The van der Waals surface area contributed by atoms with Crippen molar-refractivity contribution in [3.63, 3.8) is 0 Å². The van der Waals surface area contributed by atoms with E-state index >= 15 is 0 Å². The highest BCUT2D eigenvalue weighted by molar-refractivity contribution is 5.79. The van der Waals surface area contributed by atoms with Crippen LogP contribution in [0.2, 0.25) is 0 Å². The lowest BCUT2D eigenvalue weighted by Gasteiger charge is -2.33. The fourth-order valence-electron chi connectivity index (χ4n) is 2.86. The highest BCUT2D eigenvalue weighted by Crippen LogP contribution is 2.26. The van der Waals surface area contributed by atoms with Crippen molar-refractivity contribution in [3.8, 4) is 0 Å². The molecule has 2 aromatic rings. The van der Waals surface area contributed by atoms with Gasteiger partial charge in [0.15, 0.2) is 0 Å². The summed E-state index contributed by atoms with van der Waals surface area (Å²) in [4.78, 5) is 23.6. The van der Waals surface area contributed by atoms with Gasteiger partial charge in [0.1, 0.15) is 12.7 Å². The summed E-state index contributed by atoms with van der Waals surface area (Å²) in [6, 6.07) is 19.4. The van der Waals surface area contributed by atoms with E-state index in [1.165, 1.54) is 0 Å². The molecule has 2 N–H and O–H groups in total. The van der Waals surface area contributed by atoms with Crippen LogP contribution < -0.4 is 5.32 Å². The molecule has 0 aliphatic rings. The van der Waals surface area contributed by atoms with Crippen molar-refractivity contribution in [1.82, 2.24) is 5.32 Å². The van der Waals surface area contributed by atoms with E-state index in [1.807, 2.05) is 74.5 Å². The lowest BCUT2D eigenvalue weighted by molar-refractivity contribution is -0.140. The van der Waals surface area contributed by atoms with E-state index in [0.29, 0.717) is 0 Å². The first kappa shape index (κ1) is 20.6. The molecule has 1 unspecified atom stereocenters. The Balaban J connectivity index is 2.10. The summed E-state index contributed by atoms with van der Waals surface area (Å²) in [6.45, 7) is 5.37. The van der Waals surface area contributed by atoms with Crippen LogP contribution in [0.15, 0.2) is 60.7 Å². The maximum Gasteiger partial charge on any atom is 0.305 e. The first-order valence-corrected chi connectivity index (χ1v) is 9.06. The molecule has 5 heteroatoms. The number of carbonyl (C=O) groups is 2. The lowest BCUT2D eigenvalue weighted by atomic mass is 9.85. The number of carbonyl (C=O) groups excluding carboxylic acids is 1. The van der Waals surface area contributed by atoms with Crippen molar-refractivity contribution in [2.45, 2.75) is 38.8 Å². The topological polar surface area (TPSA) is 75.6 Å². The van der Waals surface area contributed by atoms with Gasteiger partial charge in [-0.1, -0.05) is 74.5 Å². The van der Waals surface area contributed by atoms with Gasteiger partial charge < -0.3 is 15.2 Å². The number of hydrogen-bond acceptors (Lipinski definition) is 3. The number of benzene rings is 2. The number of nitrogens with one attached hydrogen (secondary N) is 1. The summed E-state index contributed by atoms with van der Waals surface area (Å²) in [5, 5.41) is 12.0. The number of rotatable bonds is 9. The number of ether oxygens (including phenoxy) is 1. The van der Waals surface area contributed by atoms with Crippen molar-refractivity contribution in [2.75, 3.05) is 6.61 Å². The highest BCUT2D eigenvalue weighted by atomic mass is 16.5. The Hall–Kier alpha value is -2.66. The first-order valence-electron chi connectivity index (χ1n) is 9.06. The summed E-state index contributed by atoms with van der Waals surface area (Å²) in [6.07, 6.45) is -0.514. The zero-order valence-corrected chi connectivity index (χ0v) is 16.0. The fraction of sp³-hybridized carbons (Fsp3) is 0.364. The van der Waals surface area contributed by atoms with E-state index in [-0.39, 0.29) is 31.0 Å². The average Bonchev–Trinajstić information content (AvgIpc) is 2.63. The van der Waals surface area contributed by atoms with Gasteiger partial charge >= 0.3 is 5.97 Å². The smallest absolute Gasteiger partial charge is 0.305 e. The molecule has 5 nitrogen and oxygen atoms in total. The minimum absolute atomic E-state index is 0.0309. The molecule has 1 amide bonds. The van der Waals surface area contributed by atoms with Crippen LogP contribution in [0.5, 0.6) is 0 Å². The molecule has 0 spiro atoms. The van der Waals surface area contributed by atoms with E-state index in [9.17, 15) is 9.59 Å². The summed E-state index contributed by atoms with van der Waals surface area (Å²) in [7, 11) is 0. The van der Waals surface area contributed by atoms with E-state index in [2.05, 4.69) is 5.32 Å². The zero-order valence-electron chi connectivity index (χ0n) is 16.0. The third-order valence-electron chi connectivity index (χ3n) is 4.80. The number of carboxylic acid groups (broad SMARTS) is 1. The molecule has 0 aromatic heterocycles. The number of amides is 1. The number of carboxylic acids is 1. The third-order valence-corrected chi connectivity index (χ3v) is 4.80. The van der Waals surface area contributed by atoms with E-state index < -0.39 is 11.5 Å². The van der Waals surface area contributed by atoms with Gasteiger partial charge in [0.05, 0.1) is 12.0 Å². The molecule has 0 fully saturated rings. The Morgan fingerprint density at radius 2 is 1.48 bits per heavy atom. The Bertz CT molecular complexity index is 706. The molecular weight excluding hydrogens is 342 g/mol. The molecule has 0 aliphatic carbocycles. The second kappa shape index (κ2) is 9.33. The Kier molecular flexibility index (Phi) is 7.13. The van der Waals surface area contributed by atoms with Crippen molar-refractivity contribution >= 4 is 11.9 Å². The average molecular weight is 369 g/mol. The second-order valence-electron chi connectivity index (χ2n) is 7.20. The van der Waals surface area contributed by atoms with Gasteiger partial charge in [0, 0.05) is 0 Å². The number of aliphatic carboxylic acids is 1. The Morgan fingerprint density at radius 1 is 1.00 bits per heavy atom. The van der Waals surface area contributed by atoms with Gasteiger partial charge in [0.25, 0.3) is 0 Å². The fourth-order valence-corrected chi connectivity index (χ4v) is 2.86. The monoisotopic (exact) mass is 369 g/mol. The molecule has 2 aromatic carbocycles. The van der Waals surface area contributed by atoms with Crippen molar-refractivity contribution in [1.29, 1.82) is 0 Å². The Morgan fingerprint density at radius 3 is 1.89 bits per heavy atom. The zero-order chi connectivity index (χ0) is 19.9. The highest BCUT2D eigenvalue weighted by Gasteiger charge is 2.33. The first-order chi connectivity index (χ1) is 12.8. The van der Waals surface area contributed by atoms with Gasteiger partial charge in [0.2, 0.25) is 5.91 Å². The molecule has 0 saturated heterocycles. The van der Waals surface area contributed by atoms with Crippen LogP contribution in [-0.4, -0.2) is 29.1 Å². The van der Waals surface area contributed by atoms with Crippen molar-refractivity contribution in [3.05, 3.63) is 71.8 Å². The molecular formula is C22H27NO4. The van der Waals surface area contributed by atoms with Gasteiger partial charge in [-0.3, -0.25) is 9.59 Å². The third kappa shape index (κ3) is 5.93. The second-order valence-corrected chi connectivity index (χ2v) is 7.20. The van der Waals surface area contributed by atoms with Crippen LogP contribution in [0.1, 0.15) is 44.4 Å². The number of hydrogen-bond donors (Lipinski definition) is 2. The molecule has 0 radical (unpaired) electrons. The van der Waals surface area contributed by atoms with Crippen LogP contribution in [-0.2, 0) is 14.3 Å². The van der Waals surface area contributed by atoms with Crippen LogP contribution >= 0.6 is 0 Å². The normalized spacial score (nSPS) is 13.4. The molecule has 0 heterocycles. The molecule has 0 saturated carbocycles. The molecule has 1 atom stereocenters. The largest absolute Gasteiger partial charge is 0.481 e. The van der Waals surface area contributed by atoms with E-state index in [4.69, 9.17) is 9.84 Å². The van der Waals surface area contributed by atoms with Crippen LogP contribution in [0.25, 0.3) is 0 Å².